The van der Waals surface area contributed by atoms with Crippen molar-refractivity contribution in [2.45, 2.75) is 76.7 Å². The van der Waals surface area contributed by atoms with Crippen LogP contribution in [0.15, 0.2) is 36.4 Å². The number of benzene rings is 2. The minimum absolute atomic E-state index is 0.155. The van der Waals surface area contributed by atoms with E-state index in [2.05, 4.69) is 6.92 Å². The molecule has 3 nitrogen and oxygen atoms in total. The van der Waals surface area contributed by atoms with Crippen LogP contribution in [0.3, 0.4) is 0 Å². The Balaban J connectivity index is 1.83. The fourth-order valence-corrected chi connectivity index (χ4v) is 4.70. The van der Waals surface area contributed by atoms with E-state index in [1.54, 1.807) is 12.1 Å². The molecule has 0 aromatic heterocycles. The number of hydrogen-bond acceptors (Lipinski definition) is 2. The third-order valence-corrected chi connectivity index (χ3v) is 7.11. The molecule has 0 spiro atoms. The highest BCUT2D eigenvalue weighted by atomic mass is 19.1. The molecular weight excluding hydrogens is 377 g/mol. The second-order valence-corrected chi connectivity index (χ2v) is 9.69. The number of rotatable bonds is 6. The number of halogens is 1. The second-order valence-electron chi connectivity index (χ2n) is 9.69. The van der Waals surface area contributed by atoms with Crippen LogP contribution < -0.4 is 10.5 Å². The maximum atomic E-state index is 14.9. The van der Waals surface area contributed by atoms with Crippen LogP contribution in [0.1, 0.15) is 76.3 Å². The van der Waals surface area contributed by atoms with Crippen molar-refractivity contribution in [1.29, 1.82) is 0 Å². The molecule has 2 aromatic rings. The Kier molecular flexibility index (Phi) is 5.61. The molecule has 160 valence electrons. The van der Waals surface area contributed by atoms with E-state index in [-0.39, 0.29) is 23.7 Å². The highest BCUT2D eigenvalue weighted by molar-refractivity contribution is 5.87. The lowest BCUT2D eigenvalue weighted by Crippen LogP contribution is -2.35. The van der Waals surface area contributed by atoms with Crippen LogP contribution in [0.25, 0.3) is 11.1 Å². The standard InChI is InChI=1S/C26H32FNO2/c1-16-10-12-19(14-16)30-23-13-11-18(26(2,3)25(28)29)15-21(23)20-8-5-9-22(27)24(20)17-6-4-7-17/h5,8-9,11,13,15-17,19H,4,6-7,10,12,14H2,1-3H3,(H2,28,29)/t16?,19-/m1/s1. The van der Waals surface area contributed by atoms with Crippen molar-refractivity contribution in [2.24, 2.45) is 11.7 Å². The Morgan fingerprint density at radius 2 is 1.87 bits per heavy atom. The van der Waals surface area contributed by atoms with Crippen molar-refractivity contribution in [1.82, 2.24) is 0 Å². The molecule has 4 heteroatoms. The fourth-order valence-electron chi connectivity index (χ4n) is 4.70. The Bertz CT molecular complexity index is 948. The average molecular weight is 410 g/mol. The Morgan fingerprint density at radius 1 is 1.10 bits per heavy atom. The topological polar surface area (TPSA) is 52.3 Å². The van der Waals surface area contributed by atoms with Crippen LogP contribution in [0.2, 0.25) is 0 Å². The zero-order valence-electron chi connectivity index (χ0n) is 18.2. The molecule has 2 saturated carbocycles. The third kappa shape index (κ3) is 3.84. The predicted molar refractivity (Wildman–Crippen MR) is 118 cm³/mol. The first kappa shape index (κ1) is 20.9. The Morgan fingerprint density at radius 3 is 2.47 bits per heavy atom. The van der Waals surface area contributed by atoms with E-state index in [4.69, 9.17) is 10.5 Å². The number of amides is 1. The monoisotopic (exact) mass is 409 g/mol. The van der Waals surface area contributed by atoms with E-state index in [0.717, 1.165) is 60.1 Å². The first-order chi connectivity index (χ1) is 14.3. The third-order valence-electron chi connectivity index (χ3n) is 7.11. The van der Waals surface area contributed by atoms with Gasteiger partial charge in [0.25, 0.3) is 0 Å². The molecule has 0 aliphatic heterocycles. The van der Waals surface area contributed by atoms with Crippen molar-refractivity contribution in [3.63, 3.8) is 0 Å². The van der Waals surface area contributed by atoms with Gasteiger partial charge in [-0.3, -0.25) is 4.79 Å². The van der Waals surface area contributed by atoms with Crippen LogP contribution in [0.4, 0.5) is 4.39 Å². The molecule has 2 fully saturated rings. The Labute approximate surface area is 178 Å². The smallest absolute Gasteiger partial charge is 0.227 e. The van der Waals surface area contributed by atoms with Crippen LogP contribution in [0.5, 0.6) is 5.75 Å². The van der Waals surface area contributed by atoms with Gasteiger partial charge in [-0.25, -0.2) is 4.39 Å². The van der Waals surface area contributed by atoms with E-state index in [9.17, 15) is 9.18 Å². The lowest BCUT2D eigenvalue weighted by Gasteiger charge is -2.30. The van der Waals surface area contributed by atoms with Gasteiger partial charge in [0, 0.05) is 5.56 Å². The minimum Gasteiger partial charge on any atom is -0.490 e. The van der Waals surface area contributed by atoms with Gasteiger partial charge in [-0.1, -0.05) is 31.5 Å². The molecule has 2 aliphatic carbocycles. The van der Waals surface area contributed by atoms with E-state index in [1.807, 2.05) is 38.1 Å². The van der Waals surface area contributed by atoms with Crippen LogP contribution in [0, 0.1) is 11.7 Å². The van der Waals surface area contributed by atoms with Crippen molar-refractivity contribution in [3.05, 3.63) is 53.3 Å². The summed E-state index contributed by atoms with van der Waals surface area (Å²) in [7, 11) is 0. The summed E-state index contributed by atoms with van der Waals surface area (Å²) < 4.78 is 21.4. The molecule has 0 saturated heterocycles. The van der Waals surface area contributed by atoms with Crippen molar-refractivity contribution >= 4 is 5.91 Å². The van der Waals surface area contributed by atoms with Gasteiger partial charge in [0.05, 0.1) is 11.5 Å². The van der Waals surface area contributed by atoms with E-state index < -0.39 is 5.41 Å². The molecule has 1 unspecified atom stereocenters. The Hall–Kier alpha value is -2.36. The van der Waals surface area contributed by atoms with E-state index >= 15 is 0 Å². The summed E-state index contributed by atoms with van der Waals surface area (Å²) in [6, 6.07) is 11.1. The largest absolute Gasteiger partial charge is 0.490 e. The summed E-state index contributed by atoms with van der Waals surface area (Å²) in [6.45, 7) is 5.90. The molecule has 2 aromatic carbocycles. The number of ether oxygens (including phenoxy) is 1. The highest BCUT2D eigenvalue weighted by Gasteiger charge is 2.31. The number of nitrogens with two attached hydrogens (primary N) is 1. The number of hydrogen-bond donors (Lipinski definition) is 1. The van der Waals surface area contributed by atoms with Crippen molar-refractivity contribution < 1.29 is 13.9 Å². The lowest BCUT2D eigenvalue weighted by atomic mass is 9.76. The van der Waals surface area contributed by atoms with Gasteiger partial charge in [-0.2, -0.15) is 0 Å². The normalized spacial score (nSPS) is 22.0. The van der Waals surface area contributed by atoms with Gasteiger partial charge in [-0.05, 0) is 92.7 Å². The molecule has 2 aliphatic rings. The van der Waals surface area contributed by atoms with Gasteiger partial charge < -0.3 is 10.5 Å². The first-order valence-electron chi connectivity index (χ1n) is 11.2. The molecule has 4 rings (SSSR count). The van der Waals surface area contributed by atoms with E-state index in [0.29, 0.717) is 5.92 Å². The summed E-state index contributed by atoms with van der Waals surface area (Å²) in [5, 5.41) is 0. The van der Waals surface area contributed by atoms with Crippen LogP contribution in [-0.4, -0.2) is 12.0 Å². The second kappa shape index (κ2) is 8.05. The maximum Gasteiger partial charge on any atom is 0.227 e. The maximum absolute atomic E-state index is 14.9. The fraction of sp³-hybridized carbons (Fsp3) is 0.500. The number of carbonyl (C=O) groups is 1. The summed E-state index contributed by atoms with van der Waals surface area (Å²) in [4.78, 5) is 12.1. The summed E-state index contributed by atoms with van der Waals surface area (Å²) >= 11 is 0. The average Bonchev–Trinajstić information content (AvgIpc) is 3.07. The highest BCUT2D eigenvalue weighted by Crippen LogP contribution is 2.46. The molecule has 0 radical (unpaired) electrons. The van der Waals surface area contributed by atoms with Gasteiger partial charge in [0.2, 0.25) is 5.91 Å². The molecule has 2 atom stereocenters. The number of primary amides is 1. The predicted octanol–water partition coefficient (Wildman–Crippen LogP) is 6.09. The SMILES string of the molecule is CC1CC[C@@H](Oc2ccc(C(C)(C)C(N)=O)cc2-c2cccc(F)c2C2CCC2)C1. The molecular formula is C26H32FNO2. The number of carbonyl (C=O) groups excluding carboxylic acids is 1. The molecule has 1 amide bonds. The van der Waals surface area contributed by atoms with Gasteiger partial charge in [0.1, 0.15) is 11.6 Å². The molecule has 2 N–H and O–H groups in total. The molecule has 30 heavy (non-hydrogen) atoms. The van der Waals surface area contributed by atoms with Gasteiger partial charge in [0.15, 0.2) is 0 Å². The zero-order chi connectivity index (χ0) is 21.5. The van der Waals surface area contributed by atoms with Crippen LogP contribution >= 0.6 is 0 Å². The summed E-state index contributed by atoms with van der Waals surface area (Å²) in [5.41, 5.74) is 8.20. The van der Waals surface area contributed by atoms with Gasteiger partial charge in [-0.15, -0.1) is 0 Å². The lowest BCUT2D eigenvalue weighted by molar-refractivity contribution is -0.122. The van der Waals surface area contributed by atoms with Crippen LogP contribution in [-0.2, 0) is 10.2 Å². The zero-order valence-corrected chi connectivity index (χ0v) is 18.2. The quantitative estimate of drug-likeness (QED) is 0.627. The van der Waals surface area contributed by atoms with Crippen molar-refractivity contribution in [2.75, 3.05) is 0 Å². The molecule has 0 heterocycles. The minimum atomic E-state index is -0.820. The van der Waals surface area contributed by atoms with Crippen molar-refractivity contribution in [3.8, 4) is 16.9 Å². The van der Waals surface area contributed by atoms with E-state index in [1.165, 1.54) is 6.42 Å². The summed E-state index contributed by atoms with van der Waals surface area (Å²) in [5.74, 6) is 1.13. The first-order valence-corrected chi connectivity index (χ1v) is 11.2. The van der Waals surface area contributed by atoms with Gasteiger partial charge >= 0.3 is 0 Å². The molecule has 0 bridgehead atoms. The summed E-state index contributed by atoms with van der Waals surface area (Å²) in [6.07, 6.45) is 6.57.